The molecule has 1 amide bonds. The zero-order valence-electron chi connectivity index (χ0n) is 24.5. The van der Waals surface area contributed by atoms with Gasteiger partial charge in [-0.2, -0.15) is 4.72 Å². The number of aryl methyl sites for hydroxylation is 1. The van der Waals surface area contributed by atoms with E-state index >= 15 is 0 Å². The van der Waals surface area contributed by atoms with Gasteiger partial charge in [0.25, 0.3) is 5.91 Å². The van der Waals surface area contributed by atoms with E-state index in [0.29, 0.717) is 10.9 Å². The lowest BCUT2D eigenvalue weighted by molar-refractivity contribution is -0.143. The number of furan rings is 1. The van der Waals surface area contributed by atoms with Crippen molar-refractivity contribution in [2.24, 2.45) is 5.92 Å². The zero-order chi connectivity index (χ0) is 31.6. The molecule has 0 spiro atoms. The lowest BCUT2D eigenvalue weighted by Crippen LogP contribution is -2.60. The molecule has 4 rings (SSSR count). The normalized spacial score (nSPS) is 17.9. The Morgan fingerprint density at radius 3 is 2.33 bits per heavy atom. The summed E-state index contributed by atoms with van der Waals surface area (Å²) in [5.74, 6) is -2.41. The summed E-state index contributed by atoms with van der Waals surface area (Å²) < 4.78 is 68.2. The van der Waals surface area contributed by atoms with Crippen LogP contribution in [0.3, 0.4) is 0 Å². The fraction of sp³-hybridized carbons (Fsp3) is 0.333. The number of nitrogens with one attached hydrogen (secondary N) is 3. The summed E-state index contributed by atoms with van der Waals surface area (Å²) in [6, 6.07) is 12.8. The molecule has 0 aliphatic heterocycles. The standard InChI is InChI=1S/C30H35N3O8S2/c1-6-42(36,37)32-23-13-10-14-24-25(23)20(4)27(41-24)28(34)31-30(43(38,39)33-26(19(2)3)29(35)40-5)17-15-22(16-18-30)21-11-8-7-9-12-21/h7-17,19,26,32-33H,6,18H2,1-5H3,(H,31,34). The summed E-state index contributed by atoms with van der Waals surface area (Å²) in [4.78, 5) is 24.2. The molecule has 0 fully saturated rings. The Morgan fingerprint density at radius 1 is 1.05 bits per heavy atom. The number of fused-ring (bicyclic) bond motifs is 1. The minimum atomic E-state index is -4.48. The van der Waals surface area contributed by atoms with Gasteiger partial charge in [-0.25, -0.2) is 16.8 Å². The van der Waals surface area contributed by atoms with Crippen LogP contribution in [0.4, 0.5) is 5.69 Å². The van der Waals surface area contributed by atoms with Crippen LogP contribution in [0.15, 0.2) is 71.2 Å². The molecule has 2 atom stereocenters. The van der Waals surface area contributed by atoms with Crippen molar-refractivity contribution in [3.63, 3.8) is 0 Å². The van der Waals surface area contributed by atoms with Crippen molar-refractivity contribution in [1.29, 1.82) is 0 Å². The Balaban J connectivity index is 1.76. The molecule has 2 aromatic carbocycles. The first-order valence-corrected chi connectivity index (χ1v) is 16.8. The molecular formula is C30H35N3O8S2. The Labute approximate surface area is 251 Å². The van der Waals surface area contributed by atoms with Gasteiger partial charge in [0.05, 0.1) is 18.6 Å². The molecule has 0 saturated carbocycles. The van der Waals surface area contributed by atoms with Gasteiger partial charge in [-0.15, -0.1) is 0 Å². The molecule has 0 bridgehead atoms. The fourth-order valence-electron chi connectivity index (χ4n) is 4.77. The number of anilines is 1. The Hall–Kier alpha value is -3.94. The molecule has 11 nitrogen and oxygen atoms in total. The molecule has 3 aromatic rings. The average Bonchev–Trinajstić information content (AvgIpc) is 3.33. The fourth-order valence-corrected chi connectivity index (χ4v) is 7.11. The van der Waals surface area contributed by atoms with Gasteiger partial charge in [-0.05, 0) is 49.1 Å². The summed E-state index contributed by atoms with van der Waals surface area (Å²) in [7, 11) is -6.95. The predicted octanol–water partition coefficient (Wildman–Crippen LogP) is 4.09. The Morgan fingerprint density at radius 2 is 1.74 bits per heavy atom. The maximum absolute atomic E-state index is 14.0. The molecular weight excluding hydrogens is 594 g/mol. The average molecular weight is 630 g/mol. The number of hydrogen-bond acceptors (Lipinski definition) is 8. The highest BCUT2D eigenvalue weighted by atomic mass is 32.2. The second kappa shape index (κ2) is 12.3. The van der Waals surface area contributed by atoms with E-state index in [4.69, 9.17) is 9.15 Å². The van der Waals surface area contributed by atoms with Crippen molar-refractivity contribution >= 4 is 54.2 Å². The minimum absolute atomic E-state index is 0.158. The van der Waals surface area contributed by atoms with Crippen molar-refractivity contribution in [3.05, 3.63) is 83.6 Å². The van der Waals surface area contributed by atoms with E-state index in [1.165, 1.54) is 13.0 Å². The third kappa shape index (κ3) is 6.53. The highest BCUT2D eigenvalue weighted by Gasteiger charge is 2.47. The van der Waals surface area contributed by atoms with Gasteiger partial charge in [-0.3, -0.25) is 14.3 Å². The second-order valence-corrected chi connectivity index (χ2v) is 14.5. The zero-order valence-corrected chi connectivity index (χ0v) is 26.1. The third-order valence-corrected chi connectivity index (χ3v) is 10.5. The van der Waals surface area contributed by atoms with Crippen LogP contribution < -0.4 is 14.8 Å². The number of methoxy groups -OCH3 is 1. The summed E-state index contributed by atoms with van der Waals surface area (Å²) in [6.45, 7) is 6.42. The van der Waals surface area contributed by atoms with E-state index in [-0.39, 0.29) is 29.2 Å². The molecule has 230 valence electrons. The summed E-state index contributed by atoms with van der Waals surface area (Å²) in [5.41, 5.74) is 2.40. The van der Waals surface area contributed by atoms with E-state index in [9.17, 15) is 26.4 Å². The highest BCUT2D eigenvalue weighted by Crippen LogP contribution is 2.35. The molecule has 1 aliphatic rings. The number of carbonyl (C=O) groups is 2. The van der Waals surface area contributed by atoms with Crippen LogP contribution >= 0.6 is 0 Å². The molecule has 1 aliphatic carbocycles. The quantitative estimate of drug-likeness (QED) is 0.267. The van der Waals surface area contributed by atoms with Gasteiger partial charge >= 0.3 is 5.97 Å². The van der Waals surface area contributed by atoms with E-state index in [0.717, 1.165) is 18.2 Å². The molecule has 0 saturated heterocycles. The Kier molecular flexibility index (Phi) is 9.19. The number of hydrogen-bond donors (Lipinski definition) is 3. The summed E-state index contributed by atoms with van der Waals surface area (Å²) >= 11 is 0. The van der Waals surface area contributed by atoms with Crippen LogP contribution in [-0.2, 0) is 29.6 Å². The van der Waals surface area contributed by atoms with E-state index in [2.05, 4.69) is 14.8 Å². The van der Waals surface area contributed by atoms with Crippen molar-refractivity contribution in [2.45, 2.75) is 45.0 Å². The monoisotopic (exact) mass is 629 g/mol. The van der Waals surface area contributed by atoms with Crippen LogP contribution in [0.1, 0.15) is 48.9 Å². The minimum Gasteiger partial charge on any atom is -0.468 e. The summed E-state index contributed by atoms with van der Waals surface area (Å²) in [5, 5.41) is 3.01. The van der Waals surface area contributed by atoms with Crippen molar-refractivity contribution in [1.82, 2.24) is 10.0 Å². The maximum atomic E-state index is 14.0. The number of benzene rings is 2. The van der Waals surface area contributed by atoms with Gasteiger partial charge in [0.2, 0.25) is 20.0 Å². The number of carbonyl (C=O) groups excluding carboxylic acids is 2. The number of ether oxygens (including phenoxy) is 1. The summed E-state index contributed by atoms with van der Waals surface area (Å²) in [6.07, 6.45) is 4.51. The van der Waals surface area contributed by atoms with Crippen molar-refractivity contribution < 1.29 is 35.6 Å². The molecule has 1 aromatic heterocycles. The Bertz CT molecular complexity index is 1810. The van der Waals surface area contributed by atoms with Crippen LogP contribution in [-0.4, -0.2) is 52.5 Å². The van der Waals surface area contributed by atoms with E-state index in [1.807, 2.05) is 30.3 Å². The SMILES string of the molecule is CCS(=O)(=O)Nc1cccc2oc(C(=O)NC3(S(=O)(=O)NC(C(=O)OC)C(C)C)C=CC(c4ccccc4)=CC3)c(C)c12. The van der Waals surface area contributed by atoms with Gasteiger partial charge in [0.15, 0.2) is 10.6 Å². The maximum Gasteiger partial charge on any atom is 0.324 e. The van der Waals surface area contributed by atoms with Gasteiger partial charge in [0, 0.05) is 17.4 Å². The number of sulfonamides is 2. The van der Waals surface area contributed by atoms with Crippen LogP contribution in [0.25, 0.3) is 16.5 Å². The molecule has 0 radical (unpaired) electrons. The van der Waals surface area contributed by atoms with Crippen LogP contribution in [0.5, 0.6) is 0 Å². The largest absolute Gasteiger partial charge is 0.468 e. The van der Waals surface area contributed by atoms with Gasteiger partial charge < -0.3 is 14.5 Å². The first-order valence-electron chi connectivity index (χ1n) is 13.6. The lowest BCUT2D eigenvalue weighted by atomic mass is 9.96. The molecule has 1 heterocycles. The van der Waals surface area contributed by atoms with E-state index in [1.54, 1.807) is 51.1 Å². The highest BCUT2D eigenvalue weighted by molar-refractivity contribution is 7.92. The number of esters is 1. The van der Waals surface area contributed by atoms with Crippen LogP contribution in [0.2, 0.25) is 0 Å². The van der Waals surface area contributed by atoms with Crippen LogP contribution in [0, 0.1) is 12.8 Å². The van der Waals surface area contributed by atoms with Crippen molar-refractivity contribution in [3.8, 4) is 0 Å². The molecule has 43 heavy (non-hydrogen) atoms. The lowest BCUT2D eigenvalue weighted by Gasteiger charge is -2.34. The second-order valence-electron chi connectivity index (χ2n) is 10.5. The van der Waals surface area contributed by atoms with Gasteiger partial charge in [-0.1, -0.05) is 62.4 Å². The number of amides is 1. The smallest absolute Gasteiger partial charge is 0.324 e. The van der Waals surface area contributed by atoms with Gasteiger partial charge in [0.1, 0.15) is 11.6 Å². The first-order chi connectivity index (χ1) is 20.2. The van der Waals surface area contributed by atoms with E-state index < -0.39 is 48.8 Å². The molecule has 13 heteroatoms. The van der Waals surface area contributed by atoms with Crippen molar-refractivity contribution in [2.75, 3.05) is 17.6 Å². The first kappa shape index (κ1) is 32.0. The third-order valence-electron chi connectivity index (χ3n) is 7.28. The number of allylic oxidation sites excluding steroid dienone is 2. The predicted molar refractivity (Wildman–Crippen MR) is 165 cm³/mol. The number of rotatable bonds is 11. The molecule has 3 N–H and O–H groups in total. The topological polar surface area (TPSA) is 161 Å². The molecule has 2 unspecified atom stereocenters.